The number of aliphatic hydroxyl groups excluding tert-OH is 3. The maximum Gasteiger partial charge on any atom is 0.261 e. The van der Waals surface area contributed by atoms with E-state index in [2.05, 4.69) is 116 Å². The summed E-state index contributed by atoms with van der Waals surface area (Å²) in [6.07, 6.45) is 9.17. The second kappa shape index (κ2) is 25.7. The Hall–Kier alpha value is -4.35. The van der Waals surface area contributed by atoms with Crippen molar-refractivity contribution in [3.05, 3.63) is 107 Å². The number of hydrogen-bond donors (Lipinski definition) is 3. The first-order chi connectivity index (χ1) is 34.9. The number of ketones is 1. The van der Waals surface area contributed by atoms with Gasteiger partial charge in [-0.15, -0.1) is 0 Å². The number of rotatable bonds is 17. The van der Waals surface area contributed by atoms with E-state index >= 15 is 0 Å². The summed E-state index contributed by atoms with van der Waals surface area (Å²) in [6.45, 7) is 12.8. The molecule has 13 nitrogen and oxygen atoms in total. The number of fused-ring (bicyclic) bond motifs is 6. The maximum atomic E-state index is 13.4. The van der Waals surface area contributed by atoms with Crippen LogP contribution < -0.4 is 29.3 Å². The Morgan fingerprint density at radius 2 is 1.14 bits per heavy atom. The molecule has 3 N–H and O–H groups in total. The number of hydrogen-bond acceptors (Lipinski definition) is 13. The molecule has 72 heavy (non-hydrogen) atoms. The number of carbonyl (C=O) groups is 1. The van der Waals surface area contributed by atoms with E-state index in [0.717, 1.165) is 107 Å². The smallest absolute Gasteiger partial charge is 0.261 e. The van der Waals surface area contributed by atoms with Gasteiger partial charge in [0.1, 0.15) is 5.78 Å². The highest BCUT2D eigenvalue weighted by Crippen LogP contribution is 2.50. The standard InChI is InChI=1S/C35H45NO4Si.C21H31NO5.C2H6O2/c1-35(2,3)41(28-15-8-6-9-16-28,29-17-10-7-11-18-29)40-21-13-12-14-27-25-36-20-19-26-22-33(38-4)34(39-5)23-30(26)31(36)24-32(27)37;1-24-19-11-15-6-7-22-14-16(5-3-4-8-23)21(26-9-10-27-21)13-18(22)17(15)12-20(19)25-2;3-1-2-4/h6-11,15-18,22-23,27,31H,12-14,19-21,24-25H2,1-5H3;11-12,16,18,23H,3-10,13-14H2,1-2H3;3-4H,1-2H2/t27-,31-;16-,18-;/m11./s1. The van der Waals surface area contributed by atoms with Crippen LogP contribution >= 0.6 is 0 Å². The highest BCUT2D eigenvalue weighted by atomic mass is 28.4. The van der Waals surface area contributed by atoms with Crippen molar-refractivity contribution in [2.45, 2.75) is 108 Å². The van der Waals surface area contributed by atoms with E-state index in [1.165, 1.54) is 32.6 Å². The molecule has 0 amide bonds. The molecule has 14 heteroatoms. The monoisotopic (exact) mass is 1010 g/mol. The minimum absolute atomic E-state index is 0.0265. The first kappa shape index (κ1) is 55.4. The molecule has 4 aromatic rings. The molecule has 0 saturated carbocycles. The van der Waals surface area contributed by atoms with Crippen molar-refractivity contribution >= 4 is 24.5 Å². The molecule has 394 valence electrons. The first-order valence-corrected chi connectivity index (χ1v) is 28.2. The second-order valence-corrected chi connectivity index (χ2v) is 25.1. The molecule has 4 aromatic carbocycles. The van der Waals surface area contributed by atoms with E-state index in [0.29, 0.717) is 37.9 Å². The van der Waals surface area contributed by atoms with E-state index in [1.54, 1.807) is 28.4 Å². The lowest BCUT2D eigenvalue weighted by Crippen LogP contribution is -2.66. The van der Waals surface area contributed by atoms with Crippen LogP contribution in [0.1, 0.15) is 106 Å². The third-order valence-electron chi connectivity index (χ3n) is 15.6. The van der Waals surface area contributed by atoms with E-state index < -0.39 is 14.1 Å². The fourth-order valence-electron chi connectivity index (χ4n) is 12.0. The Balaban J connectivity index is 0.000000211. The number of benzene rings is 4. The number of unbranched alkanes of at least 4 members (excludes halogenated alkanes) is 2. The summed E-state index contributed by atoms with van der Waals surface area (Å²) in [7, 11) is 4.20. The van der Waals surface area contributed by atoms with Crippen molar-refractivity contribution in [2.24, 2.45) is 11.8 Å². The van der Waals surface area contributed by atoms with Crippen LogP contribution in [0.4, 0.5) is 0 Å². The average Bonchev–Trinajstić information content (AvgIpc) is 3.88. The number of carbonyl (C=O) groups excluding carboxylic acids is 1. The van der Waals surface area contributed by atoms with E-state index in [1.807, 2.05) is 0 Å². The minimum Gasteiger partial charge on any atom is -0.493 e. The molecule has 0 aromatic heterocycles. The third kappa shape index (κ3) is 12.3. The topological polar surface area (TPSA) is 149 Å². The Kier molecular flexibility index (Phi) is 19.8. The van der Waals surface area contributed by atoms with Crippen LogP contribution in [-0.2, 0) is 31.5 Å². The van der Waals surface area contributed by atoms with Crippen LogP contribution in [0.3, 0.4) is 0 Å². The molecule has 0 bridgehead atoms. The van der Waals surface area contributed by atoms with Gasteiger partial charge in [-0.05, 0) is 100 Å². The second-order valence-electron chi connectivity index (χ2n) is 20.8. The average molecular weight is 1010 g/mol. The Morgan fingerprint density at radius 3 is 1.64 bits per heavy atom. The van der Waals surface area contributed by atoms with Gasteiger partial charge >= 0.3 is 0 Å². The van der Waals surface area contributed by atoms with Crippen molar-refractivity contribution < 1.29 is 53.0 Å². The van der Waals surface area contributed by atoms with Crippen LogP contribution in [-0.4, -0.2) is 139 Å². The number of nitrogens with zero attached hydrogens (tertiary/aromatic N) is 2. The third-order valence-corrected chi connectivity index (χ3v) is 20.6. The Labute approximate surface area is 429 Å². The minimum atomic E-state index is -2.52. The number of ether oxygens (including phenoxy) is 6. The van der Waals surface area contributed by atoms with Gasteiger partial charge in [-0.2, -0.15) is 0 Å². The van der Waals surface area contributed by atoms with Gasteiger partial charge < -0.3 is 48.2 Å². The number of Topliss-reactive ketones (excluding diaryl/α,β-unsaturated/α-hetero) is 1. The summed E-state index contributed by atoms with van der Waals surface area (Å²) >= 11 is 0. The highest BCUT2D eigenvalue weighted by molar-refractivity contribution is 6.99. The lowest BCUT2D eigenvalue weighted by Gasteiger charge is -2.51. The number of piperidine rings is 2. The van der Waals surface area contributed by atoms with Gasteiger partial charge in [-0.3, -0.25) is 14.6 Å². The van der Waals surface area contributed by atoms with Crippen LogP contribution in [0.15, 0.2) is 84.9 Å². The predicted octanol–water partition coefficient (Wildman–Crippen LogP) is 7.44. The van der Waals surface area contributed by atoms with Crippen molar-refractivity contribution in [3.8, 4) is 23.0 Å². The van der Waals surface area contributed by atoms with Crippen LogP contribution in [0, 0.1) is 11.8 Å². The zero-order chi connectivity index (χ0) is 51.3. The summed E-state index contributed by atoms with van der Waals surface area (Å²) in [4.78, 5) is 18.4. The fourth-order valence-corrected chi connectivity index (χ4v) is 16.7. The molecule has 5 aliphatic rings. The molecule has 9 rings (SSSR count). The zero-order valence-electron chi connectivity index (χ0n) is 44.0. The van der Waals surface area contributed by atoms with E-state index in [9.17, 15) is 4.79 Å². The molecule has 5 aliphatic heterocycles. The maximum absolute atomic E-state index is 13.4. The molecule has 1 spiro atoms. The molecule has 0 radical (unpaired) electrons. The molecule has 0 unspecified atom stereocenters. The van der Waals surface area contributed by atoms with Crippen molar-refractivity contribution in [1.29, 1.82) is 0 Å². The summed E-state index contributed by atoms with van der Waals surface area (Å²) in [5.74, 6) is 3.44. The Morgan fingerprint density at radius 1 is 0.639 bits per heavy atom. The van der Waals surface area contributed by atoms with Gasteiger partial charge in [-0.1, -0.05) is 94.3 Å². The molecule has 3 fully saturated rings. The highest BCUT2D eigenvalue weighted by Gasteiger charge is 2.53. The largest absolute Gasteiger partial charge is 0.493 e. The summed E-state index contributed by atoms with van der Waals surface area (Å²) < 4.78 is 41.7. The number of aliphatic hydroxyl groups is 3. The molecule has 5 heterocycles. The Bertz CT molecular complexity index is 2280. The zero-order valence-corrected chi connectivity index (χ0v) is 45.0. The van der Waals surface area contributed by atoms with E-state index in [4.69, 9.17) is 48.2 Å². The quantitative estimate of drug-likeness (QED) is 0.0712. The van der Waals surface area contributed by atoms with Crippen LogP contribution in [0.5, 0.6) is 23.0 Å². The van der Waals surface area contributed by atoms with Gasteiger partial charge in [-0.25, -0.2) is 0 Å². The molecular formula is C58H82N2O11Si. The van der Waals surface area contributed by atoms with Crippen molar-refractivity contribution in [3.63, 3.8) is 0 Å². The lowest BCUT2D eigenvalue weighted by molar-refractivity contribution is -0.235. The van der Waals surface area contributed by atoms with Crippen LogP contribution in [0.25, 0.3) is 0 Å². The van der Waals surface area contributed by atoms with Crippen LogP contribution in [0.2, 0.25) is 5.04 Å². The SMILES string of the molecule is COc1cc2c(cc1OC)[C@H]1CC(=O)[C@H](CCCCO[Si](c3ccccc3)(c3ccccc3)C(C)(C)C)CN1CC2.COc1cc2c(cc1OC)[C@H]1CC3(OCCO3)[C@H](CCCCO)CN1CC2.OCCO. The lowest BCUT2D eigenvalue weighted by atomic mass is 9.77. The predicted molar refractivity (Wildman–Crippen MR) is 284 cm³/mol. The van der Waals surface area contributed by atoms with E-state index in [-0.39, 0.29) is 42.9 Å². The fraction of sp³-hybridized carbons (Fsp3) is 0.569. The number of methoxy groups -OCH3 is 4. The van der Waals surface area contributed by atoms with Crippen molar-refractivity contribution in [2.75, 3.05) is 94.3 Å². The normalized spacial score (nSPS) is 21.4. The van der Waals surface area contributed by atoms with Gasteiger partial charge in [0.05, 0.1) is 54.9 Å². The summed E-state index contributed by atoms with van der Waals surface area (Å²) in [5, 5.41) is 27.0. The first-order valence-electron chi connectivity index (χ1n) is 26.3. The molecule has 3 saturated heterocycles. The van der Waals surface area contributed by atoms with Gasteiger partial charge in [0.15, 0.2) is 28.8 Å². The molecular weight excluding hydrogens is 929 g/mol. The van der Waals surface area contributed by atoms with Gasteiger partial charge in [0.2, 0.25) is 0 Å². The summed E-state index contributed by atoms with van der Waals surface area (Å²) in [5.41, 5.74) is 5.14. The van der Waals surface area contributed by atoms with Gasteiger partial charge in [0, 0.05) is 76.2 Å². The summed E-state index contributed by atoms with van der Waals surface area (Å²) in [6, 6.07) is 30.5. The van der Waals surface area contributed by atoms with Gasteiger partial charge in [0.25, 0.3) is 8.32 Å². The van der Waals surface area contributed by atoms with Crippen molar-refractivity contribution in [1.82, 2.24) is 9.80 Å². The molecule has 0 aliphatic carbocycles. The molecule has 4 atom stereocenters.